The Balaban J connectivity index is 1.68. The number of halogens is 3. The molecule has 220 valence electrons. The van der Waals surface area contributed by atoms with Gasteiger partial charge >= 0.3 is 5.97 Å². The van der Waals surface area contributed by atoms with E-state index in [1.54, 1.807) is 54.6 Å². The first kappa shape index (κ1) is 30.4. The number of methoxy groups -OCH3 is 1. The standard InChI is InChI=1S/C32H32ClFIN3O4/c1-31(2,3)15-24-32(22-13-10-19(33)14-23(22)37-30(32)41)25(21-7-5-6-18(16-35)26(21)34)27(38-24)28(39)36-20-11-8-17(9-12-20)29(40)42-4/h5-14,24-25,27,38H,15-16H2,1-4H3,(H,36,39)(H,37,41)/t24-,25-,27+,32+/m0/s1. The highest BCUT2D eigenvalue weighted by atomic mass is 127. The van der Waals surface area contributed by atoms with Crippen LogP contribution in [-0.4, -0.2) is 37.0 Å². The van der Waals surface area contributed by atoms with E-state index in [0.29, 0.717) is 49.5 Å². The van der Waals surface area contributed by atoms with Crippen molar-refractivity contribution in [2.24, 2.45) is 5.41 Å². The van der Waals surface area contributed by atoms with Crippen LogP contribution in [0, 0.1) is 11.2 Å². The Morgan fingerprint density at radius 1 is 1.12 bits per heavy atom. The summed E-state index contributed by atoms with van der Waals surface area (Å²) in [4.78, 5) is 40.3. The Morgan fingerprint density at radius 2 is 1.83 bits per heavy atom. The Hall–Kier alpha value is -3.02. The molecule has 0 aliphatic carbocycles. The number of rotatable bonds is 6. The Labute approximate surface area is 263 Å². The molecular weight excluding hydrogens is 672 g/mol. The number of nitrogens with one attached hydrogen (secondary N) is 3. The summed E-state index contributed by atoms with van der Waals surface area (Å²) >= 11 is 8.43. The molecule has 4 atom stereocenters. The zero-order chi connectivity index (χ0) is 30.4. The number of amides is 2. The lowest BCUT2D eigenvalue weighted by Gasteiger charge is -2.37. The van der Waals surface area contributed by atoms with Crippen molar-refractivity contribution in [3.05, 3.63) is 93.8 Å². The molecule has 42 heavy (non-hydrogen) atoms. The maximum atomic E-state index is 16.2. The average Bonchev–Trinajstić information content (AvgIpc) is 3.42. The zero-order valence-corrected chi connectivity index (χ0v) is 26.6. The summed E-state index contributed by atoms with van der Waals surface area (Å²) < 4.78 is 21.4. The maximum absolute atomic E-state index is 16.2. The molecule has 0 saturated carbocycles. The molecule has 2 heterocycles. The summed E-state index contributed by atoms with van der Waals surface area (Å²) in [6.07, 6.45) is 0.532. The van der Waals surface area contributed by atoms with Crippen molar-refractivity contribution in [1.82, 2.24) is 5.32 Å². The lowest BCUT2D eigenvalue weighted by atomic mass is 9.62. The van der Waals surface area contributed by atoms with E-state index in [2.05, 4.69) is 59.3 Å². The largest absolute Gasteiger partial charge is 0.465 e. The van der Waals surface area contributed by atoms with Crippen LogP contribution in [0.25, 0.3) is 0 Å². The normalized spacial score (nSPS) is 23.0. The van der Waals surface area contributed by atoms with Crippen molar-refractivity contribution in [3.8, 4) is 0 Å². The number of anilines is 2. The number of benzene rings is 3. The van der Waals surface area contributed by atoms with Crippen LogP contribution in [0.4, 0.5) is 15.8 Å². The minimum Gasteiger partial charge on any atom is -0.465 e. The fraction of sp³-hybridized carbons (Fsp3) is 0.344. The van der Waals surface area contributed by atoms with Crippen LogP contribution < -0.4 is 16.0 Å². The molecule has 10 heteroatoms. The summed E-state index contributed by atoms with van der Waals surface area (Å²) in [6, 6.07) is 15.2. The topological polar surface area (TPSA) is 96.5 Å². The number of esters is 1. The highest BCUT2D eigenvalue weighted by molar-refractivity contribution is 14.1. The summed E-state index contributed by atoms with van der Waals surface area (Å²) in [7, 11) is 1.30. The number of carbonyl (C=O) groups excluding carboxylic acids is 3. The van der Waals surface area contributed by atoms with Gasteiger partial charge < -0.3 is 20.7 Å². The summed E-state index contributed by atoms with van der Waals surface area (Å²) in [5.74, 6) is -2.52. The first-order chi connectivity index (χ1) is 19.9. The minimum absolute atomic E-state index is 0.234. The van der Waals surface area contributed by atoms with Gasteiger partial charge in [0.15, 0.2) is 0 Å². The van der Waals surface area contributed by atoms with Gasteiger partial charge in [-0.2, -0.15) is 0 Å². The molecule has 5 rings (SSSR count). The SMILES string of the molecule is COC(=O)c1ccc(NC(=O)[C@@H]2N[C@@H](CC(C)(C)C)[C@@]3(C(=O)Nc4cc(Cl)ccc43)[C@H]2c2cccc(CI)c2F)cc1. The van der Waals surface area contributed by atoms with Crippen LogP contribution in [0.2, 0.25) is 5.02 Å². The number of hydrogen-bond donors (Lipinski definition) is 3. The van der Waals surface area contributed by atoms with Crippen molar-refractivity contribution >= 4 is 63.4 Å². The van der Waals surface area contributed by atoms with E-state index in [-0.39, 0.29) is 11.3 Å². The molecule has 1 spiro atoms. The molecule has 0 aromatic heterocycles. The van der Waals surface area contributed by atoms with Gasteiger partial charge in [0.25, 0.3) is 0 Å². The first-order valence-corrected chi connectivity index (χ1v) is 15.5. The average molecular weight is 704 g/mol. The predicted molar refractivity (Wildman–Crippen MR) is 170 cm³/mol. The fourth-order valence-electron chi connectivity index (χ4n) is 6.36. The molecule has 0 bridgehead atoms. The highest BCUT2D eigenvalue weighted by Gasteiger charge is 2.66. The van der Waals surface area contributed by atoms with Crippen molar-refractivity contribution in [2.75, 3.05) is 17.7 Å². The van der Waals surface area contributed by atoms with Crippen LogP contribution in [0.1, 0.15) is 60.2 Å². The van der Waals surface area contributed by atoms with E-state index >= 15 is 4.39 Å². The second kappa shape index (κ2) is 11.6. The molecule has 1 fully saturated rings. The fourth-order valence-corrected chi connectivity index (χ4v) is 7.12. The Bertz CT molecular complexity index is 1560. The molecule has 1 saturated heterocycles. The van der Waals surface area contributed by atoms with E-state index in [0.717, 1.165) is 0 Å². The molecule has 2 amide bonds. The Morgan fingerprint density at radius 3 is 2.48 bits per heavy atom. The zero-order valence-electron chi connectivity index (χ0n) is 23.7. The van der Waals surface area contributed by atoms with Crippen molar-refractivity contribution in [3.63, 3.8) is 0 Å². The van der Waals surface area contributed by atoms with Crippen molar-refractivity contribution in [1.29, 1.82) is 0 Å². The van der Waals surface area contributed by atoms with Gasteiger partial charge in [-0.1, -0.05) is 79.2 Å². The van der Waals surface area contributed by atoms with E-state index in [4.69, 9.17) is 16.3 Å². The molecule has 0 radical (unpaired) electrons. The van der Waals surface area contributed by atoms with Crippen LogP contribution >= 0.6 is 34.2 Å². The lowest BCUT2D eigenvalue weighted by Crippen LogP contribution is -2.49. The molecule has 3 N–H and O–H groups in total. The van der Waals surface area contributed by atoms with Gasteiger partial charge in [-0.3, -0.25) is 9.59 Å². The summed E-state index contributed by atoms with van der Waals surface area (Å²) in [6.45, 7) is 6.21. The van der Waals surface area contributed by atoms with Gasteiger partial charge in [0.05, 0.1) is 18.7 Å². The molecular formula is C32H32ClFIN3O4. The number of fused-ring (bicyclic) bond motifs is 2. The third-order valence-corrected chi connectivity index (χ3v) is 9.12. The molecule has 2 aliphatic heterocycles. The molecule has 3 aromatic rings. The van der Waals surface area contributed by atoms with Gasteiger partial charge in [-0.15, -0.1) is 0 Å². The van der Waals surface area contributed by atoms with Gasteiger partial charge in [0, 0.05) is 32.8 Å². The molecule has 2 aliphatic rings. The minimum atomic E-state index is -1.30. The smallest absolute Gasteiger partial charge is 0.337 e. The molecule has 0 unspecified atom stereocenters. The summed E-state index contributed by atoms with van der Waals surface area (Å²) in [5, 5.41) is 9.88. The lowest BCUT2D eigenvalue weighted by molar-refractivity contribution is -0.122. The van der Waals surface area contributed by atoms with Crippen LogP contribution in [0.3, 0.4) is 0 Å². The molecule has 3 aromatic carbocycles. The first-order valence-electron chi connectivity index (χ1n) is 13.6. The number of hydrogen-bond acceptors (Lipinski definition) is 5. The van der Waals surface area contributed by atoms with Crippen molar-refractivity contribution < 1.29 is 23.5 Å². The second-order valence-corrected chi connectivity index (χ2v) is 13.2. The maximum Gasteiger partial charge on any atom is 0.337 e. The van der Waals surface area contributed by atoms with E-state index in [1.807, 2.05) is 6.07 Å². The van der Waals surface area contributed by atoms with Gasteiger partial charge in [-0.25, -0.2) is 9.18 Å². The predicted octanol–water partition coefficient (Wildman–Crippen LogP) is 6.59. The van der Waals surface area contributed by atoms with Crippen LogP contribution in [0.15, 0.2) is 60.7 Å². The van der Waals surface area contributed by atoms with Gasteiger partial charge in [0.1, 0.15) is 11.2 Å². The van der Waals surface area contributed by atoms with E-state index in [9.17, 15) is 14.4 Å². The number of carbonyl (C=O) groups is 3. The Kier molecular flexibility index (Phi) is 8.39. The third kappa shape index (κ3) is 5.31. The second-order valence-electron chi connectivity index (χ2n) is 12.0. The monoisotopic (exact) mass is 703 g/mol. The van der Waals surface area contributed by atoms with Gasteiger partial charge in [0.2, 0.25) is 11.8 Å². The van der Waals surface area contributed by atoms with E-state index < -0.39 is 41.1 Å². The third-order valence-electron chi connectivity index (χ3n) is 8.07. The number of alkyl halides is 1. The van der Waals surface area contributed by atoms with Gasteiger partial charge in [-0.05, 0) is 64.9 Å². The molecule has 7 nitrogen and oxygen atoms in total. The van der Waals surface area contributed by atoms with Crippen LogP contribution in [-0.2, 0) is 24.2 Å². The summed E-state index contributed by atoms with van der Waals surface area (Å²) in [5.41, 5.74) is 1.29. The number of ether oxygens (including phenoxy) is 1. The van der Waals surface area contributed by atoms with Crippen molar-refractivity contribution in [2.45, 2.75) is 55.0 Å². The quantitative estimate of drug-likeness (QED) is 0.153. The highest BCUT2D eigenvalue weighted by Crippen LogP contribution is 2.57. The van der Waals surface area contributed by atoms with Crippen LogP contribution in [0.5, 0.6) is 0 Å². The van der Waals surface area contributed by atoms with E-state index in [1.165, 1.54) is 7.11 Å².